The Kier molecular flexibility index (Phi) is 4.90. The maximum atomic E-state index is 12.8. The smallest absolute Gasteiger partial charge is 0.330 e. The number of likely N-dealkylation sites (tertiary alicyclic amines) is 1. The molecule has 0 spiro atoms. The summed E-state index contributed by atoms with van der Waals surface area (Å²) in [5.41, 5.74) is 2.47. The molecule has 1 saturated heterocycles. The van der Waals surface area contributed by atoms with Gasteiger partial charge in [0.25, 0.3) is 5.91 Å². The van der Waals surface area contributed by atoms with Crippen LogP contribution >= 0.6 is 0 Å². The number of amides is 1. The average Bonchev–Trinajstić information content (AvgIpc) is 2.97. The highest BCUT2D eigenvalue weighted by molar-refractivity contribution is 5.78. The van der Waals surface area contributed by atoms with Crippen LogP contribution < -0.4 is 10.4 Å². The number of piperidine rings is 1. The monoisotopic (exact) mass is 380 g/mol. The molecule has 1 aliphatic heterocycles. The normalized spacial score (nSPS) is 17.1. The fourth-order valence-electron chi connectivity index (χ4n) is 3.85. The van der Waals surface area contributed by atoms with Crippen molar-refractivity contribution >= 4 is 17.1 Å². The van der Waals surface area contributed by atoms with Crippen molar-refractivity contribution in [1.82, 2.24) is 19.0 Å². The van der Waals surface area contributed by atoms with Crippen molar-refractivity contribution < 1.29 is 9.53 Å². The highest BCUT2D eigenvalue weighted by Gasteiger charge is 2.28. The first-order valence-corrected chi connectivity index (χ1v) is 9.54. The van der Waals surface area contributed by atoms with Crippen LogP contribution in [0.2, 0.25) is 0 Å². The van der Waals surface area contributed by atoms with E-state index >= 15 is 0 Å². The van der Waals surface area contributed by atoms with Crippen LogP contribution in [0.15, 0.2) is 47.4 Å². The topological polar surface area (TPSA) is 69.4 Å². The number of imidazole rings is 1. The molecule has 0 bridgehead atoms. The van der Waals surface area contributed by atoms with E-state index in [-0.39, 0.29) is 24.2 Å². The van der Waals surface area contributed by atoms with Gasteiger partial charge in [0, 0.05) is 26.3 Å². The molecule has 0 radical (unpaired) electrons. The fourth-order valence-corrected chi connectivity index (χ4v) is 3.85. The van der Waals surface area contributed by atoms with Gasteiger partial charge in [-0.1, -0.05) is 12.1 Å². The minimum Gasteiger partial charge on any atom is -0.484 e. The molecular weight excluding hydrogens is 356 g/mol. The number of hydrogen-bond acceptors (Lipinski definition) is 4. The Labute approximate surface area is 163 Å². The van der Waals surface area contributed by atoms with Crippen LogP contribution in [-0.4, -0.2) is 44.6 Å². The zero-order chi connectivity index (χ0) is 19.7. The van der Waals surface area contributed by atoms with Gasteiger partial charge in [-0.05, 0) is 49.6 Å². The Morgan fingerprint density at radius 1 is 1.29 bits per heavy atom. The molecule has 4 rings (SSSR count). The Balaban J connectivity index is 1.50. The van der Waals surface area contributed by atoms with Gasteiger partial charge in [-0.25, -0.2) is 9.78 Å². The molecule has 146 valence electrons. The number of ether oxygens (including phenoxy) is 1. The van der Waals surface area contributed by atoms with Crippen LogP contribution in [0, 0.1) is 6.92 Å². The third-order valence-electron chi connectivity index (χ3n) is 5.31. The second kappa shape index (κ2) is 7.50. The van der Waals surface area contributed by atoms with Crippen molar-refractivity contribution in [2.45, 2.75) is 25.8 Å². The van der Waals surface area contributed by atoms with Gasteiger partial charge in [-0.15, -0.1) is 0 Å². The first-order valence-electron chi connectivity index (χ1n) is 9.54. The van der Waals surface area contributed by atoms with E-state index in [1.807, 2.05) is 43.3 Å². The van der Waals surface area contributed by atoms with Crippen molar-refractivity contribution in [3.63, 3.8) is 0 Å². The number of carbonyl (C=O) groups is 1. The largest absolute Gasteiger partial charge is 0.484 e. The number of aromatic nitrogens is 3. The summed E-state index contributed by atoms with van der Waals surface area (Å²) < 4.78 is 9.01. The Morgan fingerprint density at radius 3 is 2.96 bits per heavy atom. The molecule has 3 heterocycles. The number of carbonyl (C=O) groups excluding carboxylic acids is 1. The molecule has 7 heteroatoms. The van der Waals surface area contributed by atoms with Gasteiger partial charge in [0.05, 0.1) is 11.6 Å². The first-order chi connectivity index (χ1) is 13.5. The molecule has 1 fully saturated rings. The zero-order valence-corrected chi connectivity index (χ0v) is 16.2. The van der Waals surface area contributed by atoms with Crippen LogP contribution in [0.3, 0.4) is 0 Å². The molecule has 3 aromatic rings. The zero-order valence-electron chi connectivity index (χ0n) is 16.2. The summed E-state index contributed by atoms with van der Waals surface area (Å²) in [6.07, 6.45) is 3.38. The Morgan fingerprint density at radius 2 is 2.14 bits per heavy atom. The second-order valence-electron chi connectivity index (χ2n) is 7.30. The average molecular weight is 380 g/mol. The van der Waals surface area contributed by atoms with Gasteiger partial charge in [0.15, 0.2) is 12.3 Å². The summed E-state index contributed by atoms with van der Waals surface area (Å²) in [4.78, 5) is 31.6. The van der Waals surface area contributed by atoms with Crippen LogP contribution in [-0.2, 0) is 11.8 Å². The number of nitrogens with zero attached hydrogens (tertiary/aromatic N) is 4. The van der Waals surface area contributed by atoms with Crippen molar-refractivity contribution in [3.05, 3.63) is 58.6 Å². The molecule has 2 aromatic heterocycles. The summed E-state index contributed by atoms with van der Waals surface area (Å²) >= 11 is 0. The van der Waals surface area contributed by atoms with Crippen molar-refractivity contribution in [2.24, 2.45) is 7.05 Å². The lowest BCUT2D eigenvalue weighted by atomic mass is 10.1. The summed E-state index contributed by atoms with van der Waals surface area (Å²) in [7, 11) is 1.75. The van der Waals surface area contributed by atoms with E-state index in [9.17, 15) is 9.59 Å². The number of pyridine rings is 1. The van der Waals surface area contributed by atoms with Crippen LogP contribution in [0.4, 0.5) is 0 Å². The summed E-state index contributed by atoms with van der Waals surface area (Å²) in [6, 6.07) is 11.3. The maximum absolute atomic E-state index is 12.8. The molecule has 28 heavy (non-hydrogen) atoms. The molecule has 1 amide bonds. The van der Waals surface area contributed by atoms with Crippen molar-refractivity contribution in [1.29, 1.82) is 0 Å². The van der Waals surface area contributed by atoms with E-state index in [2.05, 4.69) is 4.98 Å². The lowest BCUT2D eigenvalue weighted by Gasteiger charge is -2.33. The van der Waals surface area contributed by atoms with Crippen molar-refractivity contribution in [2.75, 3.05) is 19.7 Å². The van der Waals surface area contributed by atoms with Gasteiger partial charge in [-0.2, -0.15) is 0 Å². The van der Waals surface area contributed by atoms with E-state index in [0.29, 0.717) is 24.5 Å². The molecule has 1 aliphatic rings. The quantitative estimate of drug-likeness (QED) is 0.696. The predicted octanol–water partition coefficient (Wildman–Crippen LogP) is 2.29. The standard InChI is InChI=1S/C21H24N4O3/c1-15-6-3-8-17(12-15)28-14-19(26)24-11-5-7-16(13-24)25-20-18(9-4-10-22-20)23(2)21(25)27/h3-4,6,8-10,12,16H,5,7,11,13-14H2,1-2H3/t16-/m0/s1. The van der Waals surface area contributed by atoms with Gasteiger partial charge in [0.2, 0.25) is 0 Å². The van der Waals surface area contributed by atoms with E-state index in [1.54, 1.807) is 27.3 Å². The van der Waals surface area contributed by atoms with E-state index in [0.717, 1.165) is 23.9 Å². The van der Waals surface area contributed by atoms with E-state index in [4.69, 9.17) is 4.74 Å². The minimum absolute atomic E-state index is 0.00113. The molecular formula is C21H24N4O3. The van der Waals surface area contributed by atoms with Gasteiger partial charge < -0.3 is 9.64 Å². The molecule has 0 saturated carbocycles. The fraction of sp³-hybridized carbons (Fsp3) is 0.381. The Hall–Kier alpha value is -3.09. The summed E-state index contributed by atoms with van der Waals surface area (Å²) in [5, 5.41) is 0. The number of benzene rings is 1. The lowest BCUT2D eigenvalue weighted by molar-refractivity contribution is -0.135. The van der Waals surface area contributed by atoms with Crippen LogP contribution in [0.5, 0.6) is 5.75 Å². The number of hydrogen-bond donors (Lipinski definition) is 0. The van der Waals surface area contributed by atoms with Gasteiger partial charge in [0.1, 0.15) is 5.75 Å². The molecule has 7 nitrogen and oxygen atoms in total. The summed E-state index contributed by atoms with van der Waals surface area (Å²) in [5.74, 6) is 0.629. The lowest BCUT2D eigenvalue weighted by Crippen LogP contribution is -2.44. The van der Waals surface area contributed by atoms with E-state index in [1.165, 1.54) is 0 Å². The number of fused-ring (bicyclic) bond motifs is 1. The van der Waals surface area contributed by atoms with E-state index < -0.39 is 0 Å². The Bertz CT molecular complexity index is 1070. The predicted molar refractivity (Wildman–Crippen MR) is 106 cm³/mol. The summed E-state index contributed by atoms with van der Waals surface area (Å²) in [6.45, 7) is 3.16. The molecule has 1 aromatic carbocycles. The number of rotatable bonds is 4. The van der Waals surface area contributed by atoms with Crippen molar-refractivity contribution in [3.8, 4) is 5.75 Å². The molecule has 1 atom stereocenters. The molecule has 0 N–H and O–H groups in total. The second-order valence-corrected chi connectivity index (χ2v) is 7.30. The van der Waals surface area contributed by atoms with Crippen LogP contribution in [0.1, 0.15) is 24.4 Å². The first kappa shape index (κ1) is 18.3. The number of aryl methyl sites for hydroxylation is 2. The van der Waals surface area contributed by atoms with Gasteiger partial charge >= 0.3 is 5.69 Å². The molecule has 0 unspecified atom stereocenters. The third-order valence-corrected chi connectivity index (χ3v) is 5.31. The van der Waals surface area contributed by atoms with Gasteiger partial charge in [-0.3, -0.25) is 13.9 Å². The minimum atomic E-state index is -0.0935. The maximum Gasteiger partial charge on any atom is 0.330 e. The van der Waals surface area contributed by atoms with Crippen LogP contribution in [0.25, 0.3) is 11.2 Å². The molecule has 0 aliphatic carbocycles. The highest BCUT2D eigenvalue weighted by Crippen LogP contribution is 2.24. The SMILES string of the molecule is Cc1cccc(OCC(=O)N2CCC[C@H](n3c(=O)n(C)c4cccnc43)C2)c1. The third kappa shape index (κ3) is 3.40. The highest BCUT2D eigenvalue weighted by atomic mass is 16.5.